The fraction of sp³-hybridized carbons (Fsp3) is 0.567. The number of hydrogen-bond acceptors (Lipinski definition) is 2. The van der Waals surface area contributed by atoms with Crippen LogP contribution in [-0.4, -0.2) is 49.4 Å². The second-order valence-electron chi connectivity index (χ2n) is 11.7. The minimum absolute atomic E-state index is 0.145. The quantitative estimate of drug-likeness (QED) is 0.471. The molecule has 0 aliphatic carbocycles. The third kappa shape index (κ3) is 6.93. The highest BCUT2D eigenvalue weighted by Gasteiger charge is 2.27. The van der Waals surface area contributed by atoms with E-state index < -0.39 is 0 Å². The first kappa shape index (κ1) is 25.5. The van der Waals surface area contributed by atoms with Crippen LogP contribution >= 0.6 is 0 Å². The molecule has 0 saturated carbocycles. The van der Waals surface area contributed by atoms with Crippen LogP contribution in [0.5, 0.6) is 0 Å². The number of rotatable bonds is 9. The van der Waals surface area contributed by atoms with Gasteiger partial charge in [0.25, 0.3) is 0 Å². The maximum Gasteiger partial charge on any atom is 0.222 e. The van der Waals surface area contributed by atoms with E-state index in [9.17, 15) is 4.79 Å². The molecule has 0 radical (unpaired) electrons. The second-order valence-corrected chi connectivity index (χ2v) is 11.7. The molecule has 3 rings (SSSR count). The van der Waals surface area contributed by atoms with Crippen LogP contribution in [-0.2, 0) is 22.0 Å². The fourth-order valence-corrected chi connectivity index (χ4v) is 4.93. The summed E-state index contributed by atoms with van der Waals surface area (Å²) in [5, 5.41) is 0. The Kier molecular flexibility index (Phi) is 8.05. The maximum atomic E-state index is 12.2. The summed E-state index contributed by atoms with van der Waals surface area (Å²) in [7, 11) is 3.66. The topological polar surface area (TPSA) is 23.6 Å². The van der Waals surface area contributed by atoms with E-state index in [1.165, 1.54) is 54.7 Å². The molecule has 180 valence electrons. The van der Waals surface area contributed by atoms with Crippen LogP contribution < -0.4 is 0 Å². The average Bonchev–Trinajstić information content (AvgIpc) is 3.20. The highest BCUT2D eigenvalue weighted by molar-refractivity contribution is 5.77. The van der Waals surface area contributed by atoms with E-state index in [0.717, 1.165) is 12.3 Å². The molecule has 0 aromatic heterocycles. The van der Waals surface area contributed by atoms with Gasteiger partial charge < -0.3 is 9.80 Å². The summed E-state index contributed by atoms with van der Waals surface area (Å²) in [5.41, 5.74) is 5.50. The van der Waals surface area contributed by atoms with Crippen molar-refractivity contribution in [2.45, 2.75) is 71.1 Å². The zero-order valence-electron chi connectivity index (χ0n) is 21.9. The molecular formula is C30H44N2O. The van der Waals surface area contributed by atoms with Crippen LogP contribution in [0.1, 0.15) is 69.2 Å². The Morgan fingerprint density at radius 2 is 1.52 bits per heavy atom. The van der Waals surface area contributed by atoms with Crippen molar-refractivity contribution in [3.63, 3.8) is 0 Å². The SMILES string of the molecule is Cc1ccc(C(C)(C)CCN2CCC(Cc3ccc(C(C)(C)CC(=O)N(C)C)cc3)C2)cc1. The Morgan fingerprint density at radius 1 is 0.939 bits per heavy atom. The zero-order chi connectivity index (χ0) is 24.2. The predicted molar refractivity (Wildman–Crippen MR) is 140 cm³/mol. The lowest BCUT2D eigenvalue weighted by molar-refractivity contribution is -0.129. The first-order chi connectivity index (χ1) is 15.5. The fourth-order valence-electron chi connectivity index (χ4n) is 4.93. The molecule has 1 saturated heterocycles. The molecule has 3 nitrogen and oxygen atoms in total. The van der Waals surface area contributed by atoms with Gasteiger partial charge in [0.1, 0.15) is 0 Å². The van der Waals surface area contributed by atoms with Gasteiger partial charge in [-0.2, -0.15) is 0 Å². The van der Waals surface area contributed by atoms with Gasteiger partial charge in [0.2, 0.25) is 5.91 Å². The Morgan fingerprint density at radius 3 is 2.12 bits per heavy atom. The van der Waals surface area contributed by atoms with E-state index in [2.05, 4.69) is 88.0 Å². The molecule has 1 heterocycles. The van der Waals surface area contributed by atoms with E-state index in [0.29, 0.717) is 6.42 Å². The summed E-state index contributed by atoms with van der Waals surface area (Å²) in [6.45, 7) is 14.8. The van der Waals surface area contributed by atoms with Crippen LogP contribution in [0.4, 0.5) is 0 Å². The molecule has 1 unspecified atom stereocenters. The van der Waals surface area contributed by atoms with Gasteiger partial charge in [-0.15, -0.1) is 0 Å². The van der Waals surface area contributed by atoms with Gasteiger partial charge in [0, 0.05) is 27.1 Å². The molecule has 1 atom stereocenters. The average molecular weight is 449 g/mol. The Bertz CT molecular complexity index is 909. The van der Waals surface area contributed by atoms with Gasteiger partial charge in [-0.05, 0) is 72.7 Å². The van der Waals surface area contributed by atoms with Crippen molar-refractivity contribution in [1.29, 1.82) is 0 Å². The number of amides is 1. The van der Waals surface area contributed by atoms with Crippen molar-refractivity contribution >= 4 is 5.91 Å². The summed E-state index contributed by atoms with van der Waals surface area (Å²) in [6.07, 6.45) is 4.17. The molecule has 2 aromatic carbocycles. The van der Waals surface area contributed by atoms with E-state index in [1.54, 1.807) is 4.90 Å². The Labute approximate surface area is 202 Å². The predicted octanol–water partition coefficient (Wildman–Crippen LogP) is 5.98. The Balaban J connectivity index is 1.50. The highest BCUT2D eigenvalue weighted by atomic mass is 16.2. The monoisotopic (exact) mass is 448 g/mol. The summed E-state index contributed by atoms with van der Waals surface area (Å²) in [6, 6.07) is 18.1. The largest absolute Gasteiger partial charge is 0.349 e. The normalized spacial score (nSPS) is 17.4. The number of carbonyl (C=O) groups excluding carboxylic acids is 1. The summed E-state index contributed by atoms with van der Waals surface area (Å²) >= 11 is 0. The van der Waals surface area contributed by atoms with Gasteiger partial charge in [-0.25, -0.2) is 0 Å². The Hall–Kier alpha value is -2.13. The molecule has 33 heavy (non-hydrogen) atoms. The van der Waals surface area contributed by atoms with Crippen LogP contribution in [0.15, 0.2) is 48.5 Å². The van der Waals surface area contributed by atoms with Crippen LogP contribution in [0.25, 0.3) is 0 Å². The lowest BCUT2D eigenvalue weighted by atomic mass is 9.80. The highest BCUT2D eigenvalue weighted by Crippen LogP contribution is 2.31. The molecule has 1 aliphatic rings. The van der Waals surface area contributed by atoms with Gasteiger partial charge in [0.15, 0.2) is 0 Å². The minimum Gasteiger partial charge on any atom is -0.349 e. The van der Waals surface area contributed by atoms with Crippen molar-refractivity contribution in [2.24, 2.45) is 5.92 Å². The minimum atomic E-state index is -0.145. The second kappa shape index (κ2) is 10.4. The molecule has 1 aliphatic heterocycles. The summed E-state index contributed by atoms with van der Waals surface area (Å²) < 4.78 is 0. The standard InChI is InChI=1S/C30H44N2O/c1-23-8-12-26(13-9-23)29(2,3)17-19-32-18-16-25(22-32)20-24-10-14-27(15-11-24)30(4,5)21-28(33)31(6)7/h8-15,25H,16-22H2,1-7H3. The number of hydrogen-bond donors (Lipinski definition) is 0. The molecule has 2 aromatic rings. The first-order valence-electron chi connectivity index (χ1n) is 12.6. The number of nitrogens with zero attached hydrogens (tertiary/aromatic N) is 2. The van der Waals surface area contributed by atoms with Gasteiger partial charge in [-0.1, -0.05) is 81.8 Å². The maximum absolute atomic E-state index is 12.2. The lowest BCUT2D eigenvalue weighted by Crippen LogP contribution is -2.30. The molecule has 1 amide bonds. The van der Waals surface area contributed by atoms with Crippen molar-refractivity contribution in [2.75, 3.05) is 33.7 Å². The van der Waals surface area contributed by atoms with Crippen LogP contribution in [0.3, 0.4) is 0 Å². The van der Waals surface area contributed by atoms with Crippen LogP contribution in [0.2, 0.25) is 0 Å². The number of likely N-dealkylation sites (tertiary alicyclic amines) is 1. The van der Waals surface area contributed by atoms with Crippen molar-refractivity contribution in [1.82, 2.24) is 9.80 Å². The number of benzene rings is 2. The zero-order valence-corrected chi connectivity index (χ0v) is 21.9. The third-order valence-electron chi connectivity index (χ3n) is 7.61. The van der Waals surface area contributed by atoms with E-state index >= 15 is 0 Å². The van der Waals surface area contributed by atoms with Gasteiger partial charge in [0.05, 0.1) is 0 Å². The van der Waals surface area contributed by atoms with Crippen molar-refractivity contribution in [3.8, 4) is 0 Å². The molecular weight excluding hydrogens is 404 g/mol. The summed E-state index contributed by atoms with van der Waals surface area (Å²) in [5.74, 6) is 0.919. The number of carbonyl (C=O) groups is 1. The van der Waals surface area contributed by atoms with E-state index in [1.807, 2.05) is 14.1 Å². The van der Waals surface area contributed by atoms with Gasteiger partial charge >= 0.3 is 0 Å². The number of aryl methyl sites for hydroxylation is 1. The molecule has 0 N–H and O–H groups in total. The van der Waals surface area contributed by atoms with E-state index in [4.69, 9.17) is 0 Å². The molecule has 1 fully saturated rings. The van der Waals surface area contributed by atoms with Crippen molar-refractivity contribution < 1.29 is 4.79 Å². The smallest absolute Gasteiger partial charge is 0.222 e. The first-order valence-corrected chi connectivity index (χ1v) is 12.6. The lowest BCUT2D eigenvalue weighted by Gasteiger charge is -2.28. The summed E-state index contributed by atoms with van der Waals surface area (Å²) in [4.78, 5) is 16.5. The molecule has 3 heteroatoms. The van der Waals surface area contributed by atoms with Crippen molar-refractivity contribution in [3.05, 3.63) is 70.8 Å². The van der Waals surface area contributed by atoms with E-state index in [-0.39, 0.29) is 16.7 Å². The molecule has 0 spiro atoms. The molecule has 0 bridgehead atoms. The third-order valence-corrected chi connectivity index (χ3v) is 7.61. The van der Waals surface area contributed by atoms with Crippen LogP contribution in [0, 0.1) is 12.8 Å². The van der Waals surface area contributed by atoms with Gasteiger partial charge in [-0.3, -0.25) is 4.79 Å².